The second-order valence-electron chi connectivity index (χ2n) is 10.5. The Morgan fingerprint density at radius 3 is 1.30 bits per heavy atom. The Morgan fingerprint density at radius 1 is 0.674 bits per heavy atom. The van der Waals surface area contributed by atoms with Gasteiger partial charge >= 0.3 is 151 Å². The van der Waals surface area contributed by atoms with E-state index >= 15 is 0 Å². The molecule has 12 nitrogen and oxygen atoms in total. The average Bonchev–Trinajstić information content (AvgIpc) is 2.94. The Labute approximate surface area is 286 Å². The molecule has 0 aliphatic heterocycles. The van der Waals surface area contributed by atoms with Crippen LogP contribution in [0.15, 0.2) is 48.5 Å². The number of hydrogen-bond donors (Lipinski definition) is 0. The number of nitrogens with zero attached hydrogens (tertiary/aromatic N) is 6. The van der Waals surface area contributed by atoms with Crippen molar-refractivity contribution in [3.63, 3.8) is 0 Å². The first kappa shape index (κ1) is 45.3. The summed E-state index contributed by atoms with van der Waals surface area (Å²) in [7, 11) is 12.6. The average molecular weight is 935 g/mol. The van der Waals surface area contributed by atoms with Gasteiger partial charge in [-0.1, -0.05) is 0 Å². The standard InChI is InChI=1S/C7H7O.C6H4Cl.2C6H18N3OP.CHF3O3S.Bi/c1-8-7-5-3-2-4-6-7;7-6-4-2-1-3-5-6;2*1-7(2)11(10,8(3)4)9(5)6;2-1(3,4)8(5,6)7;/h2-5H,1H3;2-5H;2*1-6H3;(H,5,6,7);/q;;;;;+1/p-1. The van der Waals surface area contributed by atoms with Gasteiger partial charge in [-0.2, -0.15) is 0 Å². The van der Waals surface area contributed by atoms with E-state index < -0.39 is 53.0 Å². The molecule has 0 aromatic heterocycles. The molecule has 0 aliphatic rings. The van der Waals surface area contributed by atoms with E-state index in [4.69, 9.17) is 16.3 Å². The number of methoxy groups -OCH3 is 1. The second-order valence-corrected chi connectivity index (χ2v) is 27.2. The summed E-state index contributed by atoms with van der Waals surface area (Å²) in [4.78, 5) is 0. The van der Waals surface area contributed by atoms with Crippen LogP contribution in [0.3, 0.4) is 0 Å². The van der Waals surface area contributed by atoms with Crippen LogP contribution in [0.25, 0.3) is 0 Å². The molecule has 0 N–H and O–H groups in total. The van der Waals surface area contributed by atoms with E-state index in [-0.39, 0.29) is 5.75 Å². The third-order valence-corrected chi connectivity index (χ3v) is 23.5. The SMILES string of the molecule is CN(C)P(=O)(N(C)C)N(C)C.CN(C)P(=O)(N(C)C)N(C)C.COc1cccc[c]1[Bi]([O]S(=O)(=O)C(F)(F)F)[c]1ccc(Cl)cc1. The van der Waals surface area contributed by atoms with Crippen molar-refractivity contribution in [1.29, 1.82) is 0 Å². The van der Waals surface area contributed by atoms with Crippen LogP contribution in [0.1, 0.15) is 0 Å². The number of hydrogen-bond acceptors (Lipinski definition) is 6. The Bertz CT molecular complexity index is 1340. The van der Waals surface area contributed by atoms with Crippen molar-refractivity contribution in [3.8, 4) is 5.75 Å². The van der Waals surface area contributed by atoms with Gasteiger partial charge in [0.2, 0.25) is 0 Å². The molecule has 0 atom stereocenters. The van der Waals surface area contributed by atoms with Gasteiger partial charge in [0, 0.05) is 0 Å². The second kappa shape index (κ2) is 18.9. The molecule has 46 heavy (non-hydrogen) atoms. The summed E-state index contributed by atoms with van der Waals surface area (Å²) >= 11 is 1.74. The molecule has 0 saturated heterocycles. The predicted octanol–water partition coefficient (Wildman–Crippen LogP) is 3.88. The van der Waals surface area contributed by atoms with Crippen molar-refractivity contribution in [2.45, 2.75) is 5.51 Å². The van der Waals surface area contributed by atoms with Crippen LogP contribution in [0.4, 0.5) is 13.2 Å². The van der Waals surface area contributed by atoms with Gasteiger partial charge in [-0.05, 0) is 84.6 Å². The van der Waals surface area contributed by atoms with Crippen LogP contribution < -0.4 is 11.3 Å². The van der Waals surface area contributed by atoms with Gasteiger partial charge in [-0.25, -0.2) is 28.0 Å². The Morgan fingerprint density at radius 2 is 1.02 bits per heavy atom. The molecular formula is C26H47BiClF3N6O6P2S. The molecule has 0 saturated carbocycles. The van der Waals surface area contributed by atoms with E-state index in [1.807, 2.05) is 84.6 Å². The van der Waals surface area contributed by atoms with Crippen molar-refractivity contribution in [1.82, 2.24) is 28.0 Å². The third-order valence-electron chi connectivity index (χ3n) is 5.95. The van der Waals surface area contributed by atoms with Gasteiger partial charge in [0.15, 0.2) is 0 Å². The Hall–Kier alpha value is -0.667. The summed E-state index contributed by atoms with van der Waals surface area (Å²) < 4.78 is 106. The first-order valence-corrected chi connectivity index (χ1v) is 23.1. The van der Waals surface area contributed by atoms with Gasteiger partial charge in [-0.15, -0.1) is 0 Å². The number of ether oxygens (including phenoxy) is 1. The van der Waals surface area contributed by atoms with Crippen molar-refractivity contribution in [2.24, 2.45) is 0 Å². The van der Waals surface area contributed by atoms with Gasteiger partial charge < -0.3 is 0 Å². The molecule has 0 unspecified atom stereocenters. The van der Waals surface area contributed by atoms with Crippen LogP contribution in [0.5, 0.6) is 5.75 Å². The normalized spacial score (nSPS) is 13.0. The quantitative estimate of drug-likeness (QED) is 0.186. The number of halogens is 4. The molecule has 2 aromatic rings. The zero-order chi connectivity index (χ0) is 36.4. The molecule has 2 rings (SSSR count). The monoisotopic (exact) mass is 934 g/mol. The van der Waals surface area contributed by atoms with Gasteiger partial charge in [-0.3, -0.25) is 9.13 Å². The minimum absolute atomic E-state index is 0.280. The maximum atomic E-state index is 12.7. The first-order chi connectivity index (χ1) is 20.8. The summed E-state index contributed by atoms with van der Waals surface area (Å²) in [5.41, 5.74) is -5.49. The minimum atomic E-state index is -5.73. The van der Waals surface area contributed by atoms with E-state index in [2.05, 4.69) is 2.26 Å². The summed E-state index contributed by atoms with van der Waals surface area (Å²) in [6.07, 6.45) is 0. The number of para-hydroxylation sites is 1. The molecule has 0 amide bonds. The van der Waals surface area contributed by atoms with Crippen molar-refractivity contribution < 1.29 is 37.7 Å². The van der Waals surface area contributed by atoms with Crippen LogP contribution in [0.2, 0.25) is 5.02 Å². The van der Waals surface area contributed by atoms with Crippen LogP contribution >= 0.6 is 26.8 Å². The Balaban J connectivity index is 0.000000769. The van der Waals surface area contributed by atoms with E-state index in [1.54, 1.807) is 40.2 Å². The first-order valence-electron chi connectivity index (χ1n) is 13.3. The van der Waals surface area contributed by atoms with Crippen LogP contribution in [0, 0.1) is 0 Å². The molecule has 20 heteroatoms. The maximum absolute atomic E-state index is 12.7. The van der Waals surface area contributed by atoms with Crippen LogP contribution in [-0.2, 0) is 21.5 Å². The topological polar surface area (TPSA) is 106 Å². The van der Waals surface area contributed by atoms with Crippen molar-refractivity contribution >= 4 is 65.6 Å². The molecule has 0 heterocycles. The molecule has 0 spiro atoms. The van der Waals surface area contributed by atoms with Crippen LogP contribution in [-0.4, -0.2) is 156 Å². The fraction of sp³-hybridized carbons (Fsp3) is 0.538. The molecular weight excluding hydrogens is 888 g/mol. The summed E-state index contributed by atoms with van der Waals surface area (Å²) in [6.45, 7) is 0. The number of rotatable bonds is 11. The zero-order valence-corrected chi connectivity index (χ0v) is 35.4. The number of alkyl halides is 3. The fourth-order valence-electron chi connectivity index (χ4n) is 3.88. The molecule has 0 fully saturated rings. The van der Waals surface area contributed by atoms with Crippen molar-refractivity contribution in [3.05, 3.63) is 53.6 Å². The van der Waals surface area contributed by atoms with E-state index in [9.17, 15) is 30.7 Å². The molecule has 0 aliphatic carbocycles. The predicted molar refractivity (Wildman–Crippen MR) is 183 cm³/mol. The summed E-state index contributed by atoms with van der Waals surface area (Å²) in [5.74, 6) is 0.280. The zero-order valence-electron chi connectivity index (χ0n) is 28.5. The van der Waals surface area contributed by atoms with E-state index in [0.29, 0.717) is 11.6 Å². The summed E-state index contributed by atoms with van der Waals surface area (Å²) in [5, 5.41) is 0.376. The van der Waals surface area contributed by atoms with Gasteiger partial charge in [0.05, 0.1) is 0 Å². The molecule has 2 aromatic carbocycles. The van der Waals surface area contributed by atoms with Crippen molar-refractivity contribution in [2.75, 3.05) is 91.7 Å². The number of benzene rings is 2. The van der Waals surface area contributed by atoms with E-state index in [0.717, 1.165) is 0 Å². The molecule has 266 valence electrons. The molecule has 0 radical (unpaired) electrons. The van der Waals surface area contributed by atoms with Gasteiger partial charge in [0.25, 0.3) is 15.2 Å². The van der Waals surface area contributed by atoms with Gasteiger partial charge in [0.1, 0.15) is 0 Å². The fourth-order valence-corrected chi connectivity index (χ4v) is 19.0. The third kappa shape index (κ3) is 12.0. The Kier molecular flexibility index (Phi) is 18.6. The van der Waals surface area contributed by atoms with E-state index in [1.165, 1.54) is 43.5 Å². The summed E-state index contributed by atoms with van der Waals surface area (Å²) in [6, 6.07) is 12.1. The molecule has 0 bridgehead atoms.